The van der Waals surface area contributed by atoms with Gasteiger partial charge in [-0.1, -0.05) is 37.1 Å². The quantitative estimate of drug-likeness (QED) is 0.580. The molecule has 1 aromatic carbocycles. The minimum atomic E-state index is 0.636. The van der Waals surface area contributed by atoms with Gasteiger partial charge in [-0.25, -0.2) is 4.98 Å². The molecule has 0 bridgehead atoms. The number of halogens is 1. The van der Waals surface area contributed by atoms with E-state index >= 15 is 0 Å². The molecule has 0 aliphatic heterocycles. The maximum atomic E-state index is 4.60. The van der Waals surface area contributed by atoms with Crippen molar-refractivity contribution in [2.75, 3.05) is 0 Å². The molecule has 4 rings (SSSR count). The van der Waals surface area contributed by atoms with Gasteiger partial charge in [-0.2, -0.15) is 0 Å². The van der Waals surface area contributed by atoms with Crippen LogP contribution in [0.15, 0.2) is 46.4 Å². The molecule has 0 atom stereocenters. The number of thiophene rings is 1. The van der Waals surface area contributed by atoms with Crippen LogP contribution in [0.2, 0.25) is 0 Å². The molecule has 0 amide bonds. The predicted octanol–water partition coefficient (Wildman–Crippen LogP) is 6.23. The van der Waals surface area contributed by atoms with Crippen LogP contribution in [0, 0.1) is 0 Å². The minimum Gasteiger partial charge on any atom is -0.342 e. The van der Waals surface area contributed by atoms with E-state index in [1.807, 2.05) is 6.20 Å². The molecule has 1 aliphatic carbocycles. The fourth-order valence-electron chi connectivity index (χ4n) is 3.17. The van der Waals surface area contributed by atoms with E-state index in [0.717, 1.165) is 5.69 Å². The van der Waals surface area contributed by atoms with E-state index in [4.69, 9.17) is 0 Å². The van der Waals surface area contributed by atoms with Crippen molar-refractivity contribution >= 4 is 27.3 Å². The summed E-state index contributed by atoms with van der Waals surface area (Å²) in [7, 11) is 0. The van der Waals surface area contributed by atoms with E-state index < -0.39 is 0 Å². The molecular weight excluding hydrogens is 356 g/mol. The van der Waals surface area contributed by atoms with Gasteiger partial charge in [-0.3, -0.25) is 0 Å². The summed E-state index contributed by atoms with van der Waals surface area (Å²) in [5.74, 6) is 1.80. The summed E-state index contributed by atoms with van der Waals surface area (Å²) in [6.07, 6.45) is 7.21. The molecule has 0 radical (unpaired) electrons. The lowest BCUT2D eigenvalue weighted by atomic mass is 10.1. The minimum absolute atomic E-state index is 0.636. The van der Waals surface area contributed by atoms with Crippen molar-refractivity contribution in [3.63, 3.8) is 0 Å². The number of hydrogen-bond donors (Lipinski definition) is 1. The van der Waals surface area contributed by atoms with E-state index in [9.17, 15) is 0 Å². The third-order valence-corrected chi connectivity index (χ3v) is 6.06. The average Bonchev–Trinajstić information content (AvgIpc) is 3.28. The molecule has 22 heavy (non-hydrogen) atoms. The number of hydrogen-bond acceptors (Lipinski definition) is 2. The van der Waals surface area contributed by atoms with Crippen LogP contribution in [0.3, 0.4) is 0 Å². The molecule has 1 N–H and O–H groups in total. The fraction of sp³-hybridized carbons (Fsp3) is 0.278. The number of rotatable bonds is 3. The third kappa shape index (κ3) is 2.77. The lowest BCUT2D eigenvalue weighted by Gasteiger charge is -2.04. The summed E-state index contributed by atoms with van der Waals surface area (Å²) in [5.41, 5.74) is 3.59. The summed E-state index contributed by atoms with van der Waals surface area (Å²) >= 11 is 5.28. The van der Waals surface area contributed by atoms with Crippen LogP contribution < -0.4 is 0 Å². The van der Waals surface area contributed by atoms with Crippen molar-refractivity contribution in [3.05, 3.63) is 52.2 Å². The number of imidazole rings is 1. The van der Waals surface area contributed by atoms with Crippen LogP contribution in [0.25, 0.3) is 21.7 Å². The van der Waals surface area contributed by atoms with Gasteiger partial charge in [0, 0.05) is 10.8 Å². The van der Waals surface area contributed by atoms with Gasteiger partial charge >= 0.3 is 0 Å². The molecule has 1 fully saturated rings. The zero-order chi connectivity index (χ0) is 14.9. The summed E-state index contributed by atoms with van der Waals surface area (Å²) in [6.45, 7) is 0. The first-order valence-electron chi connectivity index (χ1n) is 7.70. The lowest BCUT2D eigenvalue weighted by molar-refractivity contribution is 0.679. The number of benzene rings is 1. The van der Waals surface area contributed by atoms with E-state index in [2.05, 4.69) is 62.3 Å². The Balaban J connectivity index is 1.58. The molecule has 0 spiro atoms. The van der Waals surface area contributed by atoms with Crippen LogP contribution in [0.1, 0.15) is 37.4 Å². The Hall–Kier alpha value is -1.39. The van der Waals surface area contributed by atoms with Crippen molar-refractivity contribution in [3.8, 4) is 21.7 Å². The van der Waals surface area contributed by atoms with Crippen LogP contribution in [0.4, 0.5) is 0 Å². The van der Waals surface area contributed by atoms with Crippen LogP contribution in [-0.2, 0) is 0 Å². The highest BCUT2D eigenvalue weighted by atomic mass is 79.9. The molecule has 3 aromatic rings. The highest BCUT2D eigenvalue weighted by Crippen LogP contribution is 2.34. The fourth-order valence-corrected chi connectivity index (χ4v) is 4.57. The Kier molecular flexibility index (Phi) is 3.89. The molecule has 0 saturated heterocycles. The lowest BCUT2D eigenvalue weighted by Crippen LogP contribution is -1.94. The van der Waals surface area contributed by atoms with Gasteiger partial charge in [0.25, 0.3) is 0 Å². The van der Waals surface area contributed by atoms with Crippen molar-refractivity contribution in [1.82, 2.24) is 9.97 Å². The van der Waals surface area contributed by atoms with Crippen molar-refractivity contribution in [2.45, 2.75) is 31.6 Å². The first-order valence-corrected chi connectivity index (χ1v) is 9.31. The van der Waals surface area contributed by atoms with Gasteiger partial charge in [-0.15, -0.1) is 11.3 Å². The maximum Gasteiger partial charge on any atom is 0.109 e. The number of aromatic nitrogens is 2. The summed E-state index contributed by atoms with van der Waals surface area (Å²) < 4.78 is 1.17. The zero-order valence-corrected chi connectivity index (χ0v) is 14.6. The highest BCUT2D eigenvalue weighted by molar-refractivity contribution is 9.11. The highest BCUT2D eigenvalue weighted by Gasteiger charge is 2.19. The van der Waals surface area contributed by atoms with Gasteiger partial charge in [0.2, 0.25) is 0 Å². The summed E-state index contributed by atoms with van der Waals surface area (Å²) in [5, 5.41) is 0. The number of nitrogens with zero attached hydrogens (tertiary/aromatic N) is 1. The van der Waals surface area contributed by atoms with Crippen LogP contribution in [0.5, 0.6) is 0 Å². The summed E-state index contributed by atoms with van der Waals surface area (Å²) in [6, 6.07) is 13.0. The first-order chi connectivity index (χ1) is 10.8. The Morgan fingerprint density at radius 3 is 2.41 bits per heavy atom. The van der Waals surface area contributed by atoms with Gasteiger partial charge in [0.15, 0.2) is 0 Å². The van der Waals surface area contributed by atoms with Crippen molar-refractivity contribution < 1.29 is 0 Å². The monoisotopic (exact) mass is 372 g/mol. The number of nitrogens with one attached hydrogen (secondary N) is 1. The average molecular weight is 373 g/mol. The molecule has 0 unspecified atom stereocenters. The predicted molar refractivity (Wildman–Crippen MR) is 96.2 cm³/mol. The molecule has 2 aromatic heterocycles. The normalized spacial score (nSPS) is 15.5. The Labute approximate surface area is 142 Å². The van der Waals surface area contributed by atoms with Crippen LogP contribution in [-0.4, -0.2) is 9.97 Å². The summed E-state index contributed by atoms with van der Waals surface area (Å²) in [4.78, 5) is 9.40. The van der Waals surface area contributed by atoms with Crippen molar-refractivity contribution in [2.24, 2.45) is 0 Å². The topological polar surface area (TPSA) is 28.7 Å². The molecule has 1 aliphatic rings. The van der Waals surface area contributed by atoms with E-state index in [1.54, 1.807) is 11.3 Å². The third-order valence-electron chi connectivity index (χ3n) is 4.39. The Morgan fingerprint density at radius 2 is 1.73 bits per heavy atom. The molecule has 112 valence electrons. The molecule has 2 nitrogen and oxygen atoms in total. The van der Waals surface area contributed by atoms with Crippen LogP contribution >= 0.6 is 27.3 Å². The van der Waals surface area contributed by atoms with E-state index in [1.165, 1.54) is 51.3 Å². The largest absolute Gasteiger partial charge is 0.342 e. The molecule has 2 heterocycles. The van der Waals surface area contributed by atoms with Gasteiger partial charge < -0.3 is 4.98 Å². The zero-order valence-electron chi connectivity index (χ0n) is 12.2. The van der Waals surface area contributed by atoms with E-state index in [0.29, 0.717) is 5.92 Å². The van der Waals surface area contributed by atoms with E-state index in [-0.39, 0.29) is 0 Å². The molecule has 1 saturated carbocycles. The molecular formula is C18H17BrN2S. The second-order valence-corrected chi connectivity index (χ2v) is 8.31. The second-order valence-electron chi connectivity index (χ2n) is 5.84. The van der Waals surface area contributed by atoms with Gasteiger partial charge in [0.05, 0.1) is 15.7 Å². The molecule has 4 heteroatoms. The SMILES string of the molecule is Brc1ccc(-c2ccc(-c3cnc(C4CCCC4)[nH]3)cc2)s1. The number of H-pyrrole nitrogens is 1. The standard InChI is InChI=1S/C18H17BrN2S/c19-17-10-9-16(22-17)13-7-5-12(6-8-13)15-11-20-18(21-15)14-3-1-2-4-14/h5-11,14H,1-4H2,(H,20,21). The Bertz CT molecular complexity index is 766. The maximum absolute atomic E-state index is 4.60. The van der Waals surface area contributed by atoms with Crippen molar-refractivity contribution in [1.29, 1.82) is 0 Å². The first kappa shape index (κ1) is 14.2. The van der Waals surface area contributed by atoms with Gasteiger partial charge in [-0.05, 0) is 52.0 Å². The van der Waals surface area contributed by atoms with Gasteiger partial charge in [0.1, 0.15) is 5.82 Å². The smallest absolute Gasteiger partial charge is 0.109 e. The Morgan fingerprint density at radius 1 is 1.00 bits per heavy atom. The number of aromatic amines is 1. The second kappa shape index (κ2) is 6.01.